The van der Waals surface area contributed by atoms with Gasteiger partial charge in [-0.1, -0.05) is 19.3 Å². The van der Waals surface area contributed by atoms with Crippen molar-refractivity contribution in [3.05, 3.63) is 0 Å². The molecule has 1 aliphatic heterocycles. The van der Waals surface area contributed by atoms with Crippen LogP contribution in [0.5, 0.6) is 0 Å². The van der Waals surface area contributed by atoms with E-state index in [1.807, 2.05) is 6.92 Å². The molecule has 1 saturated heterocycles. The molecule has 1 aliphatic carbocycles. The van der Waals surface area contributed by atoms with Crippen LogP contribution in [0, 0.1) is 11.8 Å². The first kappa shape index (κ1) is 19.0. The van der Waals surface area contributed by atoms with Crippen LogP contribution in [0.3, 0.4) is 0 Å². The number of nitrogens with one attached hydrogen (secondary N) is 2. The lowest BCUT2D eigenvalue weighted by Crippen LogP contribution is -2.52. The molecular formula is C17H32N4O3. The third-order valence-corrected chi connectivity index (χ3v) is 5.47. The highest BCUT2D eigenvalue weighted by molar-refractivity contribution is 5.85. The van der Waals surface area contributed by atoms with Gasteiger partial charge in [0, 0.05) is 6.54 Å². The lowest BCUT2D eigenvalue weighted by molar-refractivity contribution is -0.124. The van der Waals surface area contributed by atoms with Crippen LogP contribution in [0.25, 0.3) is 0 Å². The molecule has 2 rings (SSSR count). The fourth-order valence-corrected chi connectivity index (χ4v) is 3.92. The molecule has 24 heavy (non-hydrogen) atoms. The van der Waals surface area contributed by atoms with E-state index in [4.69, 9.17) is 10.8 Å². The van der Waals surface area contributed by atoms with E-state index in [0.29, 0.717) is 12.5 Å². The van der Waals surface area contributed by atoms with E-state index in [-0.39, 0.29) is 18.0 Å². The van der Waals surface area contributed by atoms with Crippen molar-refractivity contribution in [2.24, 2.45) is 17.6 Å². The number of piperidine rings is 1. The van der Waals surface area contributed by atoms with Gasteiger partial charge in [-0.2, -0.15) is 0 Å². The minimum absolute atomic E-state index is 0.0796. The predicted octanol–water partition coefficient (Wildman–Crippen LogP) is 1.34. The fourth-order valence-electron chi connectivity index (χ4n) is 3.92. The van der Waals surface area contributed by atoms with Crippen LogP contribution < -0.4 is 16.4 Å². The van der Waals surface area contributed by atoms with Gasteiger partial charge in [-0.15, -0.1) is 0 Å². The number of likely N-dealkylation sites (tertiary alicyclic amines) is 1. The first-order valence-electron chi connectivity index (χ1n) is 9.24. The van der Waals surface area contributed by atoms with Crippen LogP contribution in [0.4, 0.5) is 4.79 Å². The molecule has 7 heteroatoms. The molecule has 5 N–H and O–H groups in total. The molecule has 2 aliphatic rings. The summed E-state index contributed by atoms with van der Waals surface area (Å²) in [7, 11) is 0. The molecule has 2 fully saturated rings. The Hall–Kier alpha value is -1.34. The number of rotatable bonds is 6. The van der Waals surface area contributed by atoms with Crippen molar-refractivity contribution in [3.8, 4) is 0 Å². The maximum Gasteiger partial charge on any atom is 0.405 e. The van der Waals surface area contributed by atoms with Crippen molar-refractivity contribution < 1.29 is 14.7 Å². The van der Waals surface area contributed by atoms with Crippen molar-refractivity contribution in [3.63, 3.8) is 0 Å². The zero-order valence-corrected chi connectivity index (χ0v) is 14.7. The van der Waals surface area contributed by atoms with Gasteiger partial charge >= 0.3 is 6.09 Å². The zero-order valence-electron chi connectivity index (χ0n) is 14.7. The van der Waals surface area contributed by atoms with Gasteiger partial charge < -0.3 is 21.5 Å². The highest BCUT2D eigenvalue weighted by Crippen LogP contribution is 2.27. The van der Waals surface area contributed by atoms with Crippen LogP contribution in [0.2, 0.25) is 0 Å². The molecule has 0 aromatic carbocycles. The van der Waals surface area contributed by atoms with Gasteiger partial charge in [0.05, 0.1) is 6.17 Å². The molecule has 1 heterocycles. The van der Waals surface area contributed by atoms with E-state index in [0.717, 1.165) is 51.6 Å². The summed E-state index contributed by atoms with van der Waals surface area (Å²) < 4.78 is 0. The van der Waals surface area contributed by atoms with Crippen molar-refractivity contribution >= 4 is 12.0 Å². The Morgan fingerprint density at radius 3 is 2.33 bits per heavy atom. The number of nitrogens with zero attached hydrogens (tertiary/aromatic N) is 1. The smallest absolute Gasteiger partial charge is 0.405 e. The topological polar surface area (TPSA) is 108 Å². The first-order valence-corrected chi connectivity index (χ1v) is 9.24. The van der Waals surface area contributed by atoms with Gasteiger partial charge in [-0.3, -0.25) is 9.69 Å². The third-order valence-electron chi connectivity index (χ3n) is 5.47. The van der Waals surface area contributed by atoms with E-state index in [1.165, 1.54) is 6.42 Å². The van der Waals surface area contributed by atoms with Crippen LogP contribution in [-0.2, 0) is 4.79 Å². The molecule has 0 aromatic rings. The van der Waals surface area contributed by atoms with Gasteiger partial charge in [-0.25, -0.2) is 4.79 Å². The van der Waals surface area contributed by atoms with Crippen LogP contribution in [0.15, 0.2) is 0 Å². The highest BCUT2D eigenvalue weighted by Gasteiger charge is 2.31. The Kier molecular flexibility index (Phi) is 7.30. The monoisotopic (exact) mass is 340 g/mol. The van der Waals surface area contributed by atoms with Crippen molar-refractivity contribution in [1.82, 2.24) is 15.5 Å². The quantitative estimate of drug-likeness (QED) is 0.583. The maximum absolute atomic E-state index is 12.5. The second-order valence-electron chi connectivity index (χ2n) is 7.29. The molecule has 0 spiro atoms. The van der Waals surface area contributed by atoms with Gasteiger partial charge in [-0.05, 0) is 57.5 Å². The lowest BCUT2D eigenvalue weighted by Gasteiger charge is -2.35. The number of carbonyl (C=O) groups excluding carboxylic acids is 1. The third kappa shape index (κ3) is 5.63. The maximum atomic E-state index is 12.5. The molecule has 2 amide bonds. The van der Waals surface area contributed by atoms with Gasteiger partial charge in [0.15, 0.2) is 0 Å². The Balaban J connectivity index is 1.80. The molecule has 0 bridgehead atoms. The van der Waals surface area contributed by atoms with E-state index < -0.39 is 12.1 Å². The average molecular weight is 340 g/mol. The van der Waals surface area contributed by atoms with E-state index in [2.05, 4.69) is 15.5 Å². The van der Waals surface area contributed by atoms with E-state index in [9.17, 15) is 9.59 Å². The minimum Gasteiger partial charge on any atom is -0.465 e. The van der Waals surface area contributed by atoms with Gasteiger partial charge in [0.25, 0.3) is 0 Å². The summed E-state index contributed by atoms with van der Waals surface area (Å²) in [5.74, 6) is 0.398. The van der Waals surface area contributed by atoms with E-state index >= 15 is 0 Å². The molecule has 2 atom stereocenters. The molecule has 0 radical (unpaired) electrons. The van der Waals surface area contributed by atoms with E-state index in [1.54, 1.807) is 0 Å². The Morgan fingerprint density at radius 2 is 1.79 bits per heavy atom. The Labute approximate surface area is 144 Å². The number of nitrogens with two attached hydrogens (primary N) is 1. The summed E-state index contributed by atoms with van der Waals surface area (Å²) in [6, 6.07) is -0.619. The largest absolute Gasteiger partial charge is 0.465 e. The summed E-state index contributed by atoms with van der Waals surface area (Å²) in [4.78, 5) is 25.8. The van der Waals surface area contributed by atoms with Gasteiger partial charge in [0.1, 0.15) is 6.04 Å². The number of carboxylic acid groups (broad SMARTS) is 1. The fraction of sp³-hybridized carbons (Fsp3) is 0.882. The average Bonchev–Trinajstić information content (AvgIpc) is 2.58. The molecule has 138 valence electrons. The molecule has 7 nitrogen and oxygen atoms in total. The number of hydrogen-bond donors (Lipinski definition) is 4. The molecule has 1 unspecified atom stereocenters. The molecule has 0 aromatic heterocycles. The Bertz CT molecular complexity index is 416. The lowest BCUT2D eigenvalue weighted by atomic mass is 9.83. The predicted molar refractivity (Wildman–Crippen MR) is 92.5 cm³/mol. The summed E-state index contributed by atoms with van der Waals surface area (Å²) >= 11 is 0. The van der Waals surface area contributed by atoms with Crippen molar-refractivity contribution in [2.45, 2.75) is 64.1 Å². The minimum atomic E-state index is -1.12. The van der Waals surface area contributed by atoms with Gasteiger partial charge in [0.2, 0.25) is 5.91 Å². The normalized spacial score (nSPS) is 23.4. The molecule has 1 saturated carbocycles. The van der Waals surface area contributed by atoms with Crippen molar-refractivity contribution in [1.29, 1.82) is 0 Å². The zero-order chi connectivity index (χ0) is 17.5. The van der Waals surface area contributed by atoms with Crippen LogP contribution >= 0.6 is 0 Å². The highest BCUT2D eigenvalue weighted by atomic mass is 16.4. The van der Waals surface area contributed by atoms with Crippen LogP contribution in [-0.4, -0.2) is 53.8 Å². The Morgan fingerprint density at radius 1 is 1.17 bits per heavy atom. The number of hydrogen-bond acceptors (Lipinski definition) is 4. The summed E-state index contributed by atoms with van der Waals surface area (Å²) in [5.41, 5.74) is 5.90. The summed E-state index contributed by atoms with van der Waals surface area (Å²) in [6.07, 6.45) is 6.16. The SMILES string of the molecule is CC(N)N1CCC(CNC(=O)[C@@H](NC(=O)O)C2CCCCC2)CC1. The summed E-state index contributed by atoms with van der Waals surface area (Å²) in [5, 5.41) is 14.5. The molecular weight excluding hydrogens is 308 g/mol. The number of carbonyl (C=O) groups is 2. The number of amides is 2. The van der Waals surface area contributed by atoms with Crippen molar-refractivity contribution in [2.75, 3.05) is 19.6 Å². The second-order valence-corrected chi connectivity index (χ2v) is 7.29. The summed E-state index contributed by atoms with van der Waals surface area (Å²) in [6.45, 7) is 4.53. The first-order chi connectivity index (χ1) is 11.5. The standard InChI is InChI=1S/C17H32N4O3/c1-12(18)21-9-7-13(8-10-21)11-19-16(22)15(20-17(23)24)14-5-3-2-4-6-14/h12-15,20H,2-11,18H2,1H3,(H,19,22)(H,23,24)/t12?,15-/m0/s1. The van der Waals surface area contributed by atoms with Crippen LogP contribution in [0.1, 0.15) is 51.9 Å². The second kappa shape index (κ2) is 9.22.